The van der Waals surface area contributed by atoms with Crippen LogP contribution in [0.2, 0.25) is 0 Å². The van der Waals surface area contributed by atoms with Crippen molar-refractivity contribution < 1.29 is 4.79 Å². The number of nitrogen functional groups attached to an aromatic ring is 2. The molecule has 0 fully saturated rings. The van der Waals surface area contributed by atoms with Crippen molar-refractivity contribution in [1.82, 2.24) is 5.43 Å². The van der Waals surface area contributed by atoms with Crippen molar-refractivity contribution in [3.63, 3.8) is 0 Å². The monoisotopic (exact) mass is 659 g/mol. The Kier molecular flexibility index (Phi) is 18.6. The van der Waals surface area contributed by atoms with Gasteiger partial charge < -0.3 is 11.5 Å². The maximum Gasteiger partial charge on any atom is 0.236 e. The van der Waals surface area contributed by atoms with Crippen molar-refractivity contribution in [1.29, 1.82) is 0 Å². The summed E-state index contributed by atoms with van der Waals surface area (Å²) in [6.45, 7) is 27.0. The SMILES string of the molecule is CC(C)CC(c1ccc(N)cc1)C(C)(C)C.CC(C)CC(c1ccc(N)cc1)C(C)C.CC(CC(c1ccccc1)C(C)C)C(=O)NN. The number of nitrogens with one attached hydrogen (secondary N) is 1. The Bertz CT molecular complexity index is 1280. The third-order valence-corrected chi connectivity index (χ3v) is 9.22. The van der Waals surface area contributed by atoms with Crippen LogP contribution in [0.25, 0.3) is 0 Å². The lowest BCUT2D eigenvalue weighted by Gasteiger charge is -2.32. The van der Waals surface area contributed by atoms with Crippen LogP contribution >= 0.6 is 0 Å². The van der Waals surface area contributed by atoms with Gasteiger partial charge in [0.25, 0.3) is 0 Å². The van der Waals surface area contributed by atoms with Gasteiger partial charge in [-0.1, -0.05) is 138 Å². The first-order chi connectivity index (χ1) is 22.4. The van der Waals surface area contributed by atoms with Crippen molar-refractivity contribution >= 4 is 17.3 Å². The predicted molar refractivity (Wildman–Crippen MR) is 211 cm³/mol. The molecule has 0 radical (unpaired) electrons. The van der Waals surface area contributed by atoms with E-state index in [2.05, 4.69) is 118 Å². The molecule has 4 atom stereocenters. The maximum atomic E-state index is 11.5. The molecular formula is C43H70N4O. The van der Waals surface area contributed by atoms with Gasteiger partial charge in [-0.05, 0) is 107 Å². The molecule has 0 aliphatic carbocycles. The van der Waals surface area contributed by atoms with Gasteiger partial charge >= 0.3 is 0 Å². The molecule has 5 heteroatoms. The van der Waals surface area contributed by atoms with Gasteiger partial charge in [0.15, 0.2) is 0 Å². The molecule has 0 aliphatic rings. The topological polar surface area (TPSA) is 107 Å². The molecule has 3 aromatic carbocycles. The molecule has 0 aromatic heterocycles. The number of carbonyl (C=O) groups excluding carboxylic acids is 1. The van der Waals surface area contributed by atoms with E-state index >= 15 is 0 Å². The zero-order valence-corrected chi connectivity index (χ0v) is 32.4. The highest BCUT2D eigenvalue weighted by atomic mass is 16.2. The number of hydrazine groups is 1. The van der Waals surface area contributed by atoms with Crippen LogP contribution in [-0.4, -0.2) is 5.91 Å². The van der Waals surface area contributed by atoms with Crippen LogP contribution in [-0.2, 0) is 4.79 Å². The quantitative estimate of drug-likeness (QED) is 0.0672. The fourth-order valence-corrected chi connectivity index (χ4v) is 6.36. The van der Waals surface area contributed by atoms with Gasteiger partial charge in [-0.15, -0.1) is 0 Å². The molecule has 48 heavy (non-hydrogen) atoms. The Morgan fingerprint density at radius 1 is 0.583 bits per heavy atom. The average Bonchev–Trinajstić information content (AvgIpc) is 3.02. The third-order valence-electron chi connectivity index (χ3n) is 9.22. The molecule has 0 spiro atoms. The minimum Gasteiger partial charge on any atom is -0.399 e. The van der Waals surface area contributed by atoms with E-state index in [1.165, 1.54) is 29.5 Å². The van der Waals surface area contributed by atoms with Gasteiger partial charge in [0, 0.05) is 17.3 Å². The Morgan fingerprint density at radius 2 is 0.979 bits per heavy atom. The Hall–Kier alpha value is -3.31. The highest BCUT2D eigenvalue weighted by molar-refractivity contribution is 5.77. The molecule has 5 nitrogen and oxygen atoms in total. The summed E-state index contributed by atoms with van der Waals surface area (Å²) in [6, 6.07) is 27.0. The highest BCUT2D eigenvalue weighted by Gasteiger charge is 2.27. The molecule has 268 valence electrons. The van der Waals surface area contributed by atoms with Crippen LogP contribution < -0.4 is 22.7 Å². The van der Waals surface area contributed by atoms with Gasteiger partial charge in [0.2, 0.25) is 5.91 Å². The van der Waals surface area contributed by atoms with Gasteiger partial charge in [-0.25, -0.2) is 5.84 Å². The Labute approximate surface area is 294 Å². The summed E-state index contributed by atoms with van der Waals surface area (Å²) < 4.78 is 0. The largest absolute Gasteiger partial charge is 0.399 e. The van der Waals surface area contributed by atoms with Gasteiger partial charge in [-0.3, -0.25) is 10.2 Å². The molecule has 0 bridgehead atoms. The minimum absolute atomic E-state index is 0.0624. The molecule has 4 unspecified atom stereocenters. The number of benzene rings is 3. The minimum atomic E-state index is -0.0911. The van der Waals surface area contributed by atoms with E-state index in [0.29, 0.717) is 35.0 Å². The molecule has 0 saturated carbocycles. The summed E-state index contributed by atoms with van der Waals surface area (Å²) in [6.07, 6.45) is 3.31. The molecule has 1 amide bonds. The van der Waals surface area contributed by atoms with E-state index in [9.17, 15) is 4.79 Å². The van der Waals surface area contributed by atoms with E-state index < -0.39 is 0 Å². The second-order valence-electron chi connectivity index (χ2n) is 16.3. The second kappa shape index (κ2) is 20.9. The second-order valence-corrected chi connectivity index (χ2v) is 16.3. The summed E-state index contributed by atoms with van der Waals surface area (Å²) in [5.41, 5.74) is 19.8. The highest BCUT2D eigenvalue weighted by Crippen LogP contribution is 2.40. The standard InChI is InChI=1S/C15H25N.C14H22N2O.C14H23N/c1-11(2)10-14(15(3,4)5)12-6-8-13(16)9-7-12;1-10(2)13(9-11(3)14(17)16-15)12-7-5-4-6-8-12;1-10(2)9-14(11(3)4)12-5-7-13(15)8-6-12/h6-9,11,14H,10,16H2,1-5H3;4-8,10-11,13H,9,15H2,1-3H3,(H,16,17);5-8,10-11,14H,9,15H2,1-4H3. The zero-order chi connectivity index (χ0) is 36.6. The first kappa shape index (κ1) is 42.7. The molecule has 0 aliphatic heterocycles. The number of hydrogen-bond acceptors (Lipinski definition) is 4. The summed E-state index contributed by atoms with van der Waals surface area (Å²) in [5, 5.41) is 0. The normalized spacial score (nSPS) is 14.0. The third kappa shape index (κ3) is 15.7. The summed E-state index contributed by atoms with van der Waals surface area (Å²) in [4.78, 5) is 11.5. The summed E-state index contributed by atoms with van der Waals surface area (Å²) in [5.74, 6) is 9.33. The lowest BCUT2D eigenvalue weighted by atomic mass is 9.72. The average molecular weight is 659 g/mol. The summed E-state index contributed by atoms with van der Waals surface area (Å²) >= 11 is 0. The van der Waals surface area contributed by atoms with Crippen LogP contribution in [0.3, 0.4) is 0 Å². The molecule has 3 rings (SSSR count). The fraction of sp³-hybridized carbons (Fsp3) is 0.558. The number of hydrogen-bond donors (Lipinski definition) is 4. The number of nitrogens with two attached hydrogens (primary N) is 3. The molecular weight excluding hydrogens is 589 g/mol. The van der Waals surface area contributed by atoms with Crippen LogP contribution in [0.4, 0.5) is 11.4 Å². The van der Waals surface area contributed by atoms with Crippen molar-refractivity contribution in [2.24, 2.45) is 40.8 Å². The van der Waals surface area contributed by atoms with Crippen LogP contribution in [0.15, 0.2) is 78.9 Å². The molecule has 3 aromatic rings. The van der Waals surface area contributed by atoms with Crippen LogP contribution in [0, 0.1) is 35.0 Å². The summed E-state index contributed by atoms with van der Waals surface area (Å²) in [7, 11) is 0. The first-order valence-corrected chi connectivity index (χ1v) is 18.1. The van der Waals surface area contributed by atoms with Crippen LogP contribution in [0.5, 0.6) is 0 Å². The van der Waals surface area contributed by atoms with Crippen molar-refractivity contribution in [2.75, 3.05) is 11.5 Å². The van der Waals surface area contributed by atoms with E-state index in [1.54, 1.807) is 0 Å². The van der Waals surface area contributed by atoms with Crippen molar-refractivity contribution in [3.8, 4) is 0 Å². The lowest BCUT2D eigenvalue weighted by molar-refractivity contribution is -0.124. The Balaban J connectivity index is 0.000000361. The van der Waals surface area contributed by atoms with Crippen molar-refractivity contribution in [2.45, 2.75) is 120 Å². The number of anilines is 2. The number of rotatable bonds is 12. The smallest absolute Gasteiger partial charge is 0.236 e. The van der Waals surface area contributed by atoms with Crippen LogP contribution in [0.1, 0.15) is 137 Å². The maximum absolute atomic E-state index is 11.5. The molecule has 0 saturated heterocycles. The Morgan fingerprint density at radius 3 is 1.35 bits per heavy atom. The molecule has 0 heterocycles. The fourth-order valence-electron chi connectivity index (χ4n) is 6.36. The molecule has 7 N–H and O–H groups in total. The van der Waals surface area contributed by atoms with Gasteiger partial charge in [-0.2, -0.15) is 0 Å². The predicted octanol–water partition coefficient (Wildman–Crippen LogP) is 10.9. The van der Waals surface area contributed by atoms with Gasteiger partial charge in [0.1, 0.15) is 0 Å². The van der Waals surface area contributed by atoms with E-state index in [-0.39, 0.29) is 11.8 Å². The van der Waals surface area contributed by atoms with E-state index in [0.717, 1.165) is 29.6 Å². The number of amides is 1. The van der Waals surface area contributed by atoms with Gasteiger partial charge in [0.05, 0.1) is 0 Å². The zero-order valence-electron chi connectivity index (χ0n) is 32.4. The van der Waals surface area contributed by atoms with E-state index in [1.807, 2.05) is 49.4 Å². The lowest BCUT2D eigenvalue weighted by Crippen LogP contribution is -2.35. The van der Waals surface area contributed by atoms with E-state index in [4.69, 9.17) is 17.3 Å². The van der Waals surface area contributed by atoms with Crippen molar-refractivity contribution in [3.05, 3.63) is 95.6 Å². The first-order valence-electron chi connectivity index (χ1n) is 18.1. The number of carbonyl (C=O) groups is 1.